The molecule has 1 aromatic carbocycles. The van der Waals surface area contributed by atoms with Gasteiger partial charge in [0, 0.05) is 18.7 Å². The zero-order valence-corrected chi connectivity index (χ0v) is 16.0. The van der Waals surface area contributed by atoms with Gasteiger partial charge in [0.25, 0.3) is 11.8 Å². The van der Waals surface area contributed by atoms with Crippen molar-refractivity contribution < 1.29 is 23.9 Å². The highest BCUT2D eigenvalue weighted by molar-refractivity contribution is 6.07. The summed E-state index contributed by atoms with van der Waals surface area (Å²) in [4.78, 5) is 38.1. The molecule has 4 amide bonds. The maximum Gasteiger partial charge on any atom is 0.322 e. The largest absolute Gasteiger partial charge is 0.493 e. The Kier molecular flexibility index (Phi) is 4.87. The highest BCUT2D eigenvalue weighted by Gasteiger charge is 2.48. The third-order valence-electron chi connectivity index (χ3n) is 5.93. The van der Waals surface area contributed by atoms with Crippen molar-refractivity contribution in [3.63, 3.8) is 0 Å². The Labute approximate surface area is 163 Å². The van der Waals surface area contributed by atoms with Crippen LogP contribution >= 0.6 is 0 Å². The van der Waals surface area contributed by atoms with Gasteiger partial charge in [-0.05, 0) is 56.7 Å². The number of carbonyl (C=O) groups is 3. The summed E-state index contributed by atoms with van der Waals surface area (Å²) in [6.45, 7) is 0.796. The van der Waals surface area contributed by atoms with E-state index in [-0.39, 0.29) is 17.9 Å². The average molecular weight is 387 g/mol. The van der Waals surface area contributed by atoms with E-state index >= 15 is 0 Å². The maximum atomic E-state index is 12.9. The number of urea groups is 1. The number of piperidine rings is 1. The summed E-state index contributed by atoms with van der Waals surface area (Å²) < 4.78 is 11.5. The molecular weight excluding hydrogens is 362 g/mol. The van der Waals surface area contributed by atoms with Gasteiger partial charge < -0.3 is 19.7 Å². The van der Waals surface area contributed by atoms with Crippen molar-refractivity contribution in [2.24, 2.45) is 0 Å². The van der Waals surface area contributed by atoms with Crippen molar-refractivity contribution in [2.45, 2.75) is 50.2 Å². The van der Waals surface area contributed by atoms with Crippen molar-refractivity contribution in [1.82, 2.24) is 15.5 Å². The third-order valence-corrected chi connectivity index (χ3v) is 5.93. The van der Waals surface area contributed by atoms with Crippen LogP contribution in [0.4, 0.5) is 4.79 Å². The Hall–Kier alpha value is -2.77. The van der Waals surface area contributed by atoms with Crippen molar-refractivity contribution in [1.29, 1.82) is 0 Å². The number of carbonyl (C=O) groups excluding carboxylic acids is 3. The zero-order valence-electron chi connectivity index (χ0n) is 16.0. The van der Waals surface area contributed by atoms with E-state index < -0.39 is 11.6 Å². The zero-order chi connectivity index (χ0) is 19.7. The van der Waals surface area contributed by atoms with Crippen LogP contribution in [0.1, 0.15) is 48.9 Å². The standard InChI is InChI=1S/C20H25N3O5/c1-27-16-12-13(6-7-15(16)28-14-4-2-3-5-14)17(24)23-10-8-20(9-11-23)18(25)21-19(26)22-20/h6-7,12,14H,2-5,8-11H2,1H3,(H2,21,22,25,26). The van der Waals surface area contributed by atoms with Crippen molar-refractivity contribution in [3.05, 3.63) is 23.8 Å². The molecule has 3 aliphatic rings. The molecule has 0 aromatic heterocycles. The van der Waals surface area contributed by atoms with Crippen LogP contribution in [-0.2, 0) is 4.79 Å². The molecule has 0 radical (unpaired) electrons. The quantitative estimate of drug-likeness (QED) is 0.769. The average Bonchev–Trinajstić information content (AvgIpc) is 3.30. The molecule has 0 bridgehead atoms. The Morgan fingerprint density at radius 3 is 2.46 bits per heavy atom. The Bertz CT molecular complexity index is 795. The lowest BCUT2D eigenvalue weighted by molar-refractivity contribution is -0.125. The fourth-order valence-corrected chi connectivity index (χ4v) is 4.24. The molecule has 3 fully saturated rings. The van der Waals surface area contributed by atoms with Gasteiger partial charge in [-0.3, -0.25) is 14.9 Å². The highest BCUT2D eigenvalue weighted by Crippen LogP contribution is 2.33. The second kappa shape index (κ2) is 7.33. The van der Waals surface area contributed by atoms with Crippen LogP contribution < -0.4 is 20.1 Å². The molecule has 2 heterocycles. The second-order valence-electron chi connectivity index (χ2n) is 7.67. The minimum atomic E-state index is -0.884. The summed E-state index contributed by atoms with van der Waals surface area (Å²) >= 11 is 0. The van der Waals surface area contributed by atoms with E-state index in [0.717, 1.165) is 12.8 Å². The number of ether oxygens (including phenoxy) is 2. The Morgan fingerprint density at radius 2 is 1.86 bits per heavy atom. The molecule has 2 saturated heterocycles. The molecular formula is C20H25N3O5. The minimum Gasteiger partial charge on any atom is -0.493 e. The highest BCUT2D eigenvalue weighted by atomic mass is 16.5. The van der Waals surface area contributed by atoms with Crippen LogP contribution in [0, 0.1) is 0 Å². The molecule has 8 nitrogen and oxygen atoms in total. The van der Waals surface area contributed by atoms with Crippen LogP contribution in [0.25, 0.3) is 0 Å². The fraction of sp³-hybridized carbons (Fsp3) is 0.550. The van der Waals surface area contributed by atoms with E-state index in [1.807, 2.05) is 0 Å². The smallest absolute Gasteiger partial charge is 0.322 e. The van der Waals surface area contributed by atoms with Gasteiger partial charge in [-0.25, -0.2) is 4.79 Å². The molecule has 1 saturated carbocycles. The molecule has 4 rings (SSSR count). The number of methoxy groups -OCH3 is 1. The van der Waals surface area contributed by atoms with Crippen LogP contribution in [0.5, 0.6) is 11.5 Å². The van der Waals surface area contributed by atoms with Gasteiger partial charge in [0.05, 0.1) is 13.2 Å². The van der Waals surface area contributed by atoms with E-state index in [4.69, 9.17) is 9.47 Å². The number of nitrogens with one attached hydrogen (secondary N) is 2. The topological polar surface area (TPSA) is 97.0 Å². The van der Waals surface area contributed by atoms with Gasteiger partial charge >= 0.3 is 6.03 Å². The molecule has 0 atom stereocenters. The first-order valence-corrected chi connectivity index (χ1v) is 9.78. The molecule has 1 spiro atoms. The van der Waals surface area contributed by atoms with Crippen LogP contribution in [-0.4, -0.2) is 54.6 Å². The van der Waals surface area contributed by atoms with Gasteiger partial charge in [-0.2, -0.15) is 0 Å². The second-order valence-corrected chi connectivity index (χ2v) is 7.67. The summed E-state index contributed by atoms with van der Waals surface area (Å²) in [5, 5.41) is 4.99. The molecule has 1 aromatic rings. The molecule has 2 N–H and O–H groups in total. The third kappa shape index (κ3) is 3.39. The van der Waals surface area contributed by atoms with Gasteiger partial charge in [0.2, 0.25) is 0 Å². The summed E-state index contributed by atoms with van der Waals surface area (Å²) in [6, 6.07) is 4.79. The summed E-state index contributed by atoms with van der Waals surface area (Å²) in [7, 11) is 1.57. The van der Waals surface area contributed by atoms with Gasteiger partial charge in [0.15, 0.2) is 11.5 Å². The summed E-state index contributed by atoms with van der Waals surface area (Å²) in [5.41, 5.74) is -0.365. The SMILES string of the molecule is COc1cc(C(=O)N2CCC3(CC2)NC(=O)NC3=O)ccc1OC1CCCC1. The lowest BCUT2D eigenvalue weighted by Crippen LogP contribution is -2.55. The first-order valence-electron chi connectivity index (χ1n) is 9.78. The van der Waals surface area contributed by atoms with Crippen LogP contribution in [0.15, 0.2) is 18.2 Å². The van der Waals surface area contributed by atoms with Crippen molar-refractivity contribution in [3.8, 4) is 11.5 Å². The van der Waals surface area contributed by atoms with E-state index in [0.29, 0.717) is 43.0 Å². The molecule has 8 heteroatoms. The van der Waals surface area contributed by atoms with Gasteiger partial charge in [-0.1, -0.05) is 0 Å². The van der Waals surface area contributed by atoms with Crippen molar-refractivity contribution >= 4 is 17.8 Å². The first kappa shape index (κ1) is 18.6. The van der Waals surface area contributed by atoms with Crippen LogP contribution in [0.3, 0.4) is 0 Å². The number of rotatable bonds is 4. The number of hydrogen-bond acceptors (Lipinski definition) is 5. The van der Waals surface area contributed by atoms with E-state index in [1.165, 1.54) is 12.8 Å². The lowest BCUT2D eigenvalue weighted by Gasteiger charge is -2.37. The first-order chi connectivity index (χ1) is 13.5. The molecule has 0 unspecified atom stereocenters. The van der Waals surface area contributed by atoms with E-state index in [9.17, 15) is 14.4 Å². The number of nitrogens with zero attached hydrogens (tertiary/aromatic N) is 1. The summed E-state index contributed by atoms with van der Waals surface area (Å²) in [6.07, 6.45) is 5.46. The van der Waals surface area contributed by atoms with Crippen LogP contribution in [0.2, 0.25) is 0 Å². The van der Waals surface area contributed by atoms with Crippen molar-refractivity contribution in [2.75, 3.05) is 20.2 Å². The lowest BCUT2D eigenvalue weighted by atomic mass is 9.87. The minimum absolute atomic E-state index is 0.120. The molecule has 1 aliphatic carbocycles. The normalized spacial score (nSPS) is 21.5. The van der Waals surface area contributed by atoms with Gasteiger partial charge in [-0.15, -0.1) is 0 Å². The number of imide groups is 1. The monoisotopic (exact) mass is 387 g/mol. The van der Waals surface area contributed by atoms with E-state index in [1.54, 1.807) is 30.2 Å². The Morgan fingerprint density at radius 1 is 1.14 bits per heavy atom. The number of benzene rings is 1. The number of likely N-dealkylation sites (tertiary alicyclic amines) is 1. The molecule has 150 valence electrons. The number of hydrogen-bond donors (Lipinski definition) is 2. The summed E-state index contributed by atoms with van der Waals surface area (Å²) in [5.74, 6) is 0.785. The predicted octanol–water partition coefficient (Wildman–Crippen LogP) is 1.83. The fourth-order valence-electron chi connectivity index (χ4n) is 4.24. The predicted molar refractivity (Wildman–Crippen MR) is 100 cm³/mol. The molecule has 28 heavy (non-hydrogen) atoms. The molecule has 2 aliphatic heterocycles. The maximum absolute atomic E-state index is 12.9. The van der Waals surface area contributed by atoms with Gasteiger partial charge in [0.1, 0.15) is 5.54 Å². The van der Waals surface area contributed by atoms with E-state index in [2.05, 4.69) is 10.6 Å². The number of amides is 4. The Balaban J connectivity index is 1.43.